The highest BCUT2D eigenvalue weighted by Crippen LogP contribution is 2.38. The number of carboxylic acids is 1. The van der Waals surface area contributed by atoms with Crippen LogP contribution >= 0.6 is 0 Å². The number of carbonyl (C=O) groups excluding carboxylic acids is 1. The van der Waals surface area contributed by atoms with E-state index < -0.39 is 5.97 Å². The van der Waals surface area contributed by atoms with Gasteiger partial charge >= 0.3 is 12.1 Å². The summed E-state index contributed by atoms with van der Waals surface area (Å²) in [5, 5.41) is 17.5. The fourth-order valence-electron chi connectivity index (χ4n) is 4.32. The normalized spacial score (nSPS) is 24.2. The van der Waals surface area contributed by atoms with Crippen molar-refractivity contribution in [1.29, 1.82) is 0 Å². The number of amides is 1. The Bertz CT molecular complexity index is 992. The minimum Gasteiger partial charge on any atom is -0.489 e. The van der Waals surface area contributed by atoms with Gasteiger partial charge in [-0.25, -0.2) is 9.48 Å². The van der Waals surface area contributed by atoms with E-state index >= 15 is 0 Å². The van der Waals surface area contributed by atoms with Crippen molar-refractivity contribution in [2.24, 2.45) is 24.8 Å². The highest BCUT2D eigenvalue weighted by molar-refractivity contribution is 5.70. The van der Waals surface area contributed by atoms with Crippen LogP contribution in [0.3, 0.4) is 0 Å². The molecule has 1 N–H and O–H groups in total. The minimum absolute atomic E-state index is 0.0425. The molecule has 2 fully saturated rings. The molecular formula is C23H31N5O5. The van der Waals surface area contributed by atoms with Crippen molar-refractivity contribution in [2.75, 3.05) is 13.6 Å². The van der Waals surface area contributed by atoms with E-state index in [1.165, 1.54) is 0 Å². The summed E-state index contributed by atoms with van der Waals surface area (Å²) in [7, 11) is 3.50. The van der Waals surface area contributed by atoms with Crippen molar-refractivity contribution in [1.82, 2.24) is 24.9 Å². The topological polar surface area (TPSA) is 120 Å². The van der Waals surface area contributed by atoms with Crippen molar-refractivity contribution in [3.8, 4) is 17.1 Å². The van der Waals surface area contributed by atoms with Crippen LogP contribution in [0.25, 0.3) is 11.4 Å². The number of aryl methyl sites for hydroxylation is 1. The molecular weight excluding hydrogens is 426 g/mol. The van der Waals surface area contributed by atoms with E-state index in [0.29, 0.717) is 54.1 Å². The average molecular weight is 458 g/mol. The summed E-state index contributed by atoms with van der Waals surface area (Å²) in [6.07, 6.45) is 5.13. The lowest BCUT2D eigenvalue weighted by molar-refractivity contribution is -0.143. The predicted molar refractivity (Wildman–Crippen MR) is 118 cm³/mol. The van der Waals surface area contributed by atoms with E-state index in [1.807, 2.05) is 0 Å². The van der Waals surface area contributed by atoms with Gasteiger partial charge in [0.15, 0.2) is 0 Å². The second-order valence-corrected chi connectivity index (χ2v) is 9.24. The summed E-state index contributed by atoms with van der Waals surface area (Å²) < 4.78 is 13.0. The number of aromatic nitrogens is 4. The van der Waals surface area contributed by atoms with Gasteiger partial charge in [-0.1, -0.05) is 12.1 Å². The van der Waals surface area contributed by atoms with Gasteiger partial charge in [0, 0.05) is 20.6 Å². The monoisotopic (exact) mass is 457 g/mol. The molecule has 10 nitrogen and oxygen atoms in total. The molecule has 2 aromatic heterocycles. The maximum atomic E-state index is 12.4. The number of aliphatic carboxylic acids is 1. The first-order valence-corrected chi connectivity index (χ1v) is 11.4. The Labute approximate surface area is 192 Å². The molecule has 4 atom stereocenters. The lowest BCUT2D eigenvalue weighted by Gasteiger charge is -2.27. The fraction of sp³-hybridized carbons (Fsp3) is 0.609. The zero-order valence-electron chi connectivity index (χ0n) is 19.3. The van der Waals surface area contributed by atoms with Crippen molar-refractivity contribution >= 4 is 12.1 Å². The lowest BCUT2D eigenvalue weighted by Crippen LogP contribution is -2.29. The van der Waals surface area contributed by atoms with Crippen LogP contribution in [0.4, 0.5) is 4.79 Å². The second-order valence-electron chi connectivity index (χ2n) is 9.24. The summed E-state index contributed by atoms with van der Waals surface area (Å²) in [6, 6.07) is 3.57. The third kappa shape index (κ3) is 5.61. The van der Waals surface area contributed by atoms with Crippen LogP contribution in [-0.2, 0) is 23.2 Å². The first-order chi connectivity index (χ1) is 15.8. The summed E-state index contributed by atoms with van der Waals surface area (Å²) in [4.78, 5) is 29.7. The number of carbonyl (C=O) groups is 2. The molecule has 0 aliphatic heterocycles. The van der Waals surface area contributed by atoms with Crippen LogP contribution < -0.4 is 4.74 Å². The predicted octanol–water partition coefficient (Wildman–Crippen LogP) is 3.12. The first kappa shape index (κ1) is 23.0. The van der Waals surface area contributed by atoms with Gasteiger partial charge in [0.1, 0.15) is 23.7 Å². The quantitative estimate of drug-likeness (QED) is 0.642. The second kappa shape index (κ2) is 9.76. The van der Waals surface area contributed by atoms with Crippen LogP contribution in [0.15, 0.2) is 18.3 Å². The van der Waals surface area contributed by atoms with E-state index in [-0.39, 0.29) is 24.7 Å². The Morgan fingerprint density at radius 1 is 1.27 bits per heavy atom. The SMILES string of the molecule is C[C@@H]1CC1CN(C)C(=O)OCc1c(-c2ccc(O[C@H]3CCC[C@H](C(=O)O)C3)cn2)nnn1C. The van der Waals surface area contributed by atoms with Gasteiger partial charge < -0.3 is 19.5 Å². The number of rotatable bonds is 8. The van der Waals surface area contributed by atoms with Crippen LogP contribution in [0.1, 0.15) is 44.7 Å². The van der Waals surface area contributed by atoms with Gasteiger partial charge in [0.2, 0.25) is 0 Å². The number of carboxylic acid groups (broad SMARTS) is 1. The van der Waals surface area contributed by atoms with Crippen LogP contribution in [0.2, 0.25) is 0 Å². The van der Waals surface area contributed by atoms with Crippen molar-refractivity contribution in [3.63, 3.8) is 0 Å². The molecule has 2 aliphatic rings. The van der Waals surface area contributed by atoms with Crippen LogP contribution in [-0.4, -0.2) is 61.7 Å². The maximum Gasteiger partial charge on any atom is 0.409 e. The van der Waals surface area contributed by atoms with Gasteiger partial charge in [-0.3, -0.25) is 9.78 Å². The van der Waals surface area contributed by atoms with Crippen molar-refractivity contribution < 1.29 is 24.2 Å². The van der Waals surface area contributed by atoms with E-state index in [1.54, 1.807) is 42.0 Å². The Kier molecular flexibility index (Phi) is 6.80. The van der Waals surface area contributed by atoms with Gasteiger partial charge in [-0.2, -0.15) is 0 Å². The van der Waals surface area contributed by atoms with Crippen molar-refractivity contribution in [3.05, 3.63) is 24.0 Å². The lowest BCUT2D eigenvalue weighted by atomic mass is 9.87. The van der Waals surface area contributed by atoms with Crippen LogP contribution in [0, 0.1) is 17.8 Å². The smallest absolute Gasteiger partial charge is 0.409 e. The fourth-order valence-corrected chi connectivity index (χ4v) is 4.32. The summed E-state index contributed by atoms with van der Waals surface area (Å²) >= 11 is 0. The molecule has 0 spiro atoms. The molecule has 4 rings (SSSR count). The highest BCUT2D eigenvalue weighted by atomic mass is 16.6. The standard InChI is InChI=1S/C23H31N5O5/c1-14-9-16(14)12-27(2)23(31)32-13-20-21(25-26-28(20)3)19-8-7-18(11-24-19)33-17-6-4-5-15(10-17)22(29)30/h7-8,11,14-17H,4-6,9-10,12-13H2,1-3H3,(H,29,30)/t14-,15+,16?,17+/m1/s1. The van der Waals surface area contributed by atoms with Gasteiger partial charge in [-0.15, -0.1) is 5.10 Å². The summed E-state index contributed by atoms with van der Waals surface area (Å²) in [6.45, 7) is 2.93. The molecule has 2 aromatic rings. The van der Waals surface area contributed by atoms with E-state index in [2.05, 4.69) is 22.2 Å². The maximum absolute atomic E-state index is 12.4. The molecule has 0 bridgehead atoms. The van der Waals surface area contributed by atoms with Crippen molar-refractivity contribution in [2.45, 2.75) is 51.7 Å². The molecule has 178 valence electrons. The molecule has 2 heterocycles. The third-order valence-electron chi connectivity index (χ3n) is 6.63. The van der Waals surface area contributed by atoms with Gasteiger partial charge in [0.05, 0.1) is 23.9 Å². The minimum atomic E-state index is -0.763. The van der Waals surface area contributed by atoms with Gasteiger partial charge in [0.25, 0.3) is 0 Å². The number of hydrogen-bond donors (Lipinski definition) is 1. The Morgan fingerprint density at radius 2 is 2.06 bits per heavy atom. The molecule has 2 aliphatic carbocycles. The molecule has 10 heteroatoms. The van der Waals surface area contributed by atoms with Crippen LogP contribution in [0.5, 0.6) is 5.75 Å². The highest BCUT2D eigenvalue weighted by Gasteiger charge is 2.34. The molecule has 1 amide bonds. The zero-order chi connectivity index (χ0) is 23.5. The summed E-state index contributed by atoms with van der Waals surface area (Å²) in [5.41, 5.74) is 1.78. The first-order valence-electron chi connectivity index (χ1n) is 11.4. The number of ether oxygens (including phenoxy) is 2. The van der Waals surface area contributed by atoms with E-state index in [9.17, 15) is 14.7 Å². The Morgan fingerprint density at radius 3 is 2.73 bits per heavy atom. The molecule has 0 saturated heterocycles. The number of pyridine rings is 1. The average Bonchev–Trinajstić information content (AvgIpc) is 3.36. The Balaban J connectivity index is 1.36. The summed E-state index contributed by atoms with van der Waals surface area (Å²) in [5.74, 6) is 0.698. The molecule has 2 saturated carbocycles. The molecule has 33 heavy (non-hydrogen) atoms. The van der Waals surface area contributed by atoms with Gasteiger partial charge in [-0.05, 0) is 56.1 Å². The molecule has 0 aromatic carbocycles. The van der Waals surface area contributed by atoms with E-state index in [4.69, 9.17) is 9.47 Å². The zero-order valence-corrected chi connectivity index (χ0v) is 19.3. The Hall–Kier alpha value is -3.17. The largest absolute Gasteiger partial charge is 0.489 e. The van der Waals surface area contributed by atoms with E-state index in [0.717, 1.165) is 19.3 Å². The number of nitrogens with zero attached hydrogens (tertiary/aromatic N) is 5. The third-order valence-corrected chi connectivity index (χ3v) is 6.63. The molecule has 1 unspecified atom stereocenters. The number of hydrogen-bond acceptors (Lipinski definition) is 7. The molecule has 0 radical (unpaired) electrons.